The van der Waals surface area contributed by atoms with Crippen LogP contribution in [0.4, 0.5) is 0 Å². The summed E-state index contributed by atoms with van der Waals surface area (Å²) < 4.78 is 0. The molecule has 13 heavy (non-hydrogen) atoms. The van der Waals surface area contributed by atoms with Crippen molar-refractivity contribution in [2.75, 3.05) is 0 Å². The molecule has 70 valence electrons. The van der Waals surface area contributed by atoms with E-state index in [1.165, 1.54) is 6.08 Å². The Hall–Kier alpha value is -1.58. The molecule has 0 aromatic rings. The first kappa shape index (κ1) is 9.51. The van der Waals surface area contributed by atoms with Crippen LogP contribution >= 0.6 is 0 Å². The third-order valence-electron chi connectivity index (χ3n) is 1.83. The Balaban J connectivity index is 2.61. The average Bonchev–Trinajstić information content (AvgIpc) is 2.15. The topological polar surface area (TPSA) is 69.9 Å². The quantitative estimate of drug-likeness (QED) is 0.386. The molecule has 0 aromatic heterocycles. The van der Waals surface area contributed by atoms with Crippen LogP contribution in [0.1, 0.15) is 19.3 Å². The van der Waals surface area contributed by atoms with E-state index in [4.69, 9.17) is 10.3 Å². The Labute approximate surface area is 75.9 Å². The second-order valence-electron chi connectivity index (χ2n) is 2.83. The van der Waals surface area contributed by atoms with Gasteiger partial charge in [0.1, 0.15) is 0 Å². The van der Waals surface area contributed by atoms with Gasteiger partial charge in [0, 0.05) is 12.5 Å². The van der Waals surface area contributed by atoms with Gasteiger partial charge in [-0.2, -0.15) is 0 Å². The molecule has 1 aliphatic rings. The molecule has 0 bridgehead atoms. The summed E-state index contributed by atoms with van der Waals surface area (Å²) in [5.41, 5.74) is 1.59. The van der Waals surface area contributed by atoms with E-state index < -0.39 is 5.97 Å². The van der Waals surface area contributed by atoms with E-state index in [1.54, 1.807) is 0 Å². The smallest absolute Gasteiger partial charge is 0.328 e. The first-order valence-corrected chi connectivity index (χ1v) is 4.02. The Morgan fingerprint density at radius 3 is 3.00 bits per heavy atom. The van der Waals surface area contributed by atoms with E-state index in [1.807, 2.05) is 6.08 Å². The van der Waals surface area contributed by atoms with Crippen LogP contribution in [0.15, 0.2) is 29.0 Å². The van der Waals surface area contributed by atoms with Gasteiger partial charge in [0.05, 0.1) is 5.71 Å². The molecule has 0 heterocycles. The fourth-order valence-corrected chi connectivity index (χ4v) is 1.21. The number of nitrogens with zero attached hydrogens (tertiary/aromatic N) is 1. The van der Waals surface area contributed by atoms with E-state index in [0.29, 0.717) is 12.1 Å². The highest BCUT2D eigenvalue weighted by atomic mass is 16.4. The minimum Gasteiger partial charge on any atom is -0.478 e. The van der Waals surface area contributed by atoms with Crippen LogP contribution in [0.5, 0.6) is 0 Å². The third-order valence-corrected chi connectivity index (χ3v) is 1.83. The van der Waals surface area contributed by atoms with Crippen molar-refractivity contribution < 1.29 is 15.1 Å². The van der Waals surface area contributed by atoms with Crippen LogP contribution < -0.4 is 0 Å². The predicted molar refractivity (Wildman–Crippen MR) is 47.9 cm³/mol. The number of hydrogen-bond donors (Lipinski definition) is 2. The van der Waals surface area contributed by atoms with Crippen LogP contribution in [0.3, 0.4) is 0 Å². The van der Waals surface area contributed by atoms with Crippen molar-refractivity contribution >= 4 is 11.7 Å². The van der Waals surface area contributed by atoms with Crippen molar-refractivity contribution in [1.29, 1.82) is 0 Å². The molecule has 0 saturated carbocycles. The molecule has 0 fully saturated rings. The summed E-state index contributed by atoms with van der Waals surface area (Å²) >= 11 is 0. The van der Waals surface area contributed by atoms with Crippen molar-refractivity contribution in [2.45, 2.75) is 19.3 Å². The monoisotopic (exact) mass is 181 g/mol. The maximum Gasteiger partial charge on any atom is 0.328 e. The van der Waals surface area contributed by atoms with E-state index in [2.05, 4.69) is 5.16 Å². The number of carbonyl (C=O) groups is 1. The van der Waals surface area contributed by atoms with Gasteiger partial charge in [-0.15, -0.1) is 0 Å². The normalized spacial score (nSPS) is 20.6. The lowest BCUT2D eigenvalue weighted by atomic mass is 9.97. The maximum atomic E-state index is 10.2. The molecular weight excluding hydrogens is 170 g/mol. The van der Waals surface area contributed by atoms with E-state index in [0.717, 1.165) is 24.5 Å². The minimum atomic E-state index is -0.964. The van der Waals surface area contributed by atoms with Crippen LogP contribution in [-0.4, -0.2) is 22.0 Å². The molecule has 0 aromatic carbocycles. The van der Waals surface area contributed by atoms with E-state index >= 15 is 0 Å². The second kappa shape index (κ2) is 4.45. The predicted octanol–water partition coefficient (Wildman–Crippen LogP) is 1.57. The molecule has 0 aliphatic heterocycles. The van der Waals surface area contributed by atoms with Crippen molar-refractivity contribution in [1.82, 2.24) is 0 Å². The number of hydrogen-bond acceptors (Lipinski definition) is 3. The van der Waals surface area contributed by atoms with Gasteiger partial charge in [0.25, 0.3) is 0 Å². The van der Waals surface area contributed by atoms with Crippen molar-refractivity contribution in [3.05, 3.63) is 23.8 Å². The average molecular weight is 181 g/mol. The van der Waals surface area contributed by atoms with Gasteiger partial charge in [-0.25, -0.2) is 4.79 Å². The zero-order chi connectivity index (χ0) is 9.68. The van der Waals surface area contributed by atoms with Gasteiger partial charge >= 0.3 is 5.97 Å². The van der Waals surface area contributed by atoms with E-state index in [-0.39, 0.29) is 0 Å². The first-order valence-electron chi connectivity index (χ1n) is 4.02. The van der Waals surface area contributed by atoms with Gasteiger partial charge < -0.3 is 10.3 Å². The van der Waals surface area contributed by atoms with Crippen LogP contribution in [0.2, 0.25) is 0 Å². The molecule has 1 aliphatic carbocycles. The Bertz CT molecular complexity index is 289. The maximum absolute atomic E-state index is 10.2. The summed E-state index contributed by atoms with van der Waals surface area (Å²) in [5, 5.41) is 20.0. The number of allylic oxidation sites excluding steroid dienone is 3. The van der Waals surface area contributed by atoms with Gasteiger partial charge in [-0.05, 0) is 18.4 Å². The fraction of sp³-hybridized carbons (Fsp3) is 0.333. The molecular formula is C9H11NO3. The summed E-state index contributed by atoms with van der Waals surface area (Å²) in [5.74, 6) is -0.964. The first-order chi connectivity index (χ1) is 6.22. The molecule has 4 heteroatoms. The van der Waals surface area contributed by atoms with Gasteiger partial charge in [-0.3, -0.25) is 0 Å². The minimum absolute atomic E-state index is 0.542. The lowest BCUT2D eigenvalue weighted by molar-refractivity contribution is -0.131. The summed E-state index contributed by atoms with van der Waals surface area (Å²) in [4.78, 5) is 10.2. The number of carboxylic acid groups (broad SMARTS) is 1. The SMILES string of the molecule is O=C(O)/C=C/C1=CCC/C(=N\O)C1. The van der Waals surface area contributed by atoms with Crippen LogP contribution in [-0.2, 0) is 4.79 Å². The number of rotatable bonds is 2. The third kappa shape index (κ3) is 3.11. The molecule has 2 N–H and O–H groups in total. The van der Waals surface area contributed by atoms with Crippen molar-refractivity contribution in [3.63, 3.8) is 0 Å². The molecule has 0 amide bonds. The molecule has 0 atom stereocenters. The van der Waals surface area contributed by atoms with Gasteiger partial charge in [-0.1, -0.05) is 17.3 Å². The number of oxime groups is 1. The zero-order valence-electron chi connectivity index (χ0n) is 7.10. The molecule has 0 radical (unpaired) electrons. The van der Waals surface area contributed by atoms with Gasteiger partial charge in [0.2, 0.25) is 0 Å². The van der Waals surface area contributed by atoms with Crippen molar-refractivity contribution in [2.24, 2.45) is 5.16 Å². The van der Waals surface area contributed by atoms with Crippen LogP contribution in [0, 0.1) is 0 Å². The van der Waals surface area contributed by atoms with Gasteiger partial charge in [0.15, 0.2) is 0 Å². The summed E-state index contributed by atoms with van der Waals surface area (Å²) in [6, 6.07) is 0. The largest absolute Gasteiger partial charge is 0.478 e. The van der Waals surface area contributed by atoms with E-state index in [9.17, 15) is 4.79 Å². The molecule has 0 saturated heterocycles. The Morgan fingerprint density at radius 2 is 2.38 bits per heavy atom. The fourth-order valence-electron chi connectivity index (χ4n) is 1.21. The standard InChI is InChI=1S/C9H11NO3/c11-9(12)5-4-7-2-1-3-8(6-7)10-13/h2,4-5,13H,1,3,6H2,(H,11,12)/b5-4+,10-8+. The summed E-state index contributed by atoms with van der Waals surface area (Å²) in [6.45, 7) is 0. The highest BCUT2D eigenvalue weighted by Gasteiger charge is 2.07. The molecule has 0 spiro atoms. The van der Waals surface area contributed by atoms with Crippen LogP contribution in [0.25, 0.3) is 0 Å². The number of carboxylic acids is 1. The molecule has 4 nitrogen and oxygen atoms in total. The highest BCUT2D eigenvalue weighted by molar-refractivity contribution is 5.88. The number of aliphatic carboxylic acids is 1. The molecule has 0 unspecified atom stereocenters. The zero-order valence-corrected chi connectivity index (χ0v) is 7.10. The second-order valence-corrected chi connectivity index (χ2v) is 2.83. The highest BCUT2D eigenvalue weighted by Crippen LogP contribution is 2.16. The lowest BCUT2D eigenvalue weighted by Gasteiger charge is -2.09. The Morgan fingerprint density at radius 1 is 1.62 bits per heavy atom. The lowest BCUT2D eigenvalue weighted by Crippen LogP contribution is -2.04. The summed E-state index contributed by atoms with van der Waals surface area (Å²) in [6.07, 6.45) is 6.67. The Kier molecular flexibility index (Phi) is 3.25. The summed E-state index contributed by atoms with van der Waals surface area (Å²) in [7, 11) is 0. The molecule has 1 rings (SSSR count). The van der Waals surface area contributed by atoms with Crippen molar-refractivity contribution in [3.8, 4) is 0 Å².